The number of hydrogen-bond acceptors (Lipinski definition) is 4. The number of benzene rings is 5. The van der Waals surface area contributed by atoms with Crippen LogP contribution in [0.2, 0.25) is 0 Å². The summed E-state index contributed by atoms with van der Waals surface area (Å²) in [4.78, 5) is 17.0. The Morgan fingerprint density at radius 1 is 0.500 bits per heavy atom. The molecule has 9 heteroatoms. The van der Waals surface area contributed by atoms with Gasteiger partial charge in [0.25, 0.3) is 0 Å². The van der Waals surface area contributed by atoms with Crippen LogP contribution in [0.4, 0.5) is 11.6 Å². The molecular formula is C39H29N9. The summed E-state index contributed by atoms with van der Waals surface area (Å²) in [5.74, 6) is 2.64. The Balaban J connectivity index is 1.01. The number of imidazole rings is 5. The normalized spacial score (nSPS) is 12.0. The van der Waals surface area contributed by atoms with Gasteiger partial charge in [-0.25, -0.2) is 15.0 Å². The van der Waals surface area contributed by atoms with E-state index in [1.165, 1.54) is 0 Å². The van der Waals surface area contributed by atoms with Gasteiger partial charge in [0.15, 0.2) is 0 Å². The second kappa shape index (κ2) is 9.94. The molecule has 0 unspecified atom stereocenters. The first-order chi connectivity index (χ1) is 23.6. The Labute approximate surface area is 274 Å². The SMILES string of the molecule is CN(c1cccc(-c2cccc(-n3ccn4c5cc(-n6ccn7c8ccccc8nc67)ccc5nc34)c2)c1)c1nc2ccccc2n1C. The minimum Gasteiger partial charge on any atom is -0.315 e. The number of aryl methyl sites for hydroxylation is 1. The number of aromatic nitrogens is 8. The predicted molar refractivity (Wildman–Crippen MR) is 192 cm³/mol. The van der Waals surface area contributed by atoms with E-state index in [4.69, 9.17) is 15.0 Å². The smallest absolute Gasteiger partial charge is 0.219 e. The van der Waals surface area contributed by atoms with Crippen molar-refractivity contribution in [1.82, 2.24) is 37.5 Å². The summed E-state index contributed by atoms with van der Waals surface area (Å²) >= 11 is 0. The van der Waals surface area contributed by atoms with Crippen molar-refractivity contribution in [3.63, 3.8) is 0 Å². The van der Waals surface area contributed by atoms with E-state index in [9.17, 15) is 0 Å². The number of rotatable bonds is 5. The molecule has 48 heavy (non-hydrogen) atoms. The van der Waals surface area contributed by atoms with Gasteiger partial charge in [-0.05, 0) is 77.9 Å². The van der Waals surface area contributed by atoms with E-state index in [2.05, 4.69) is 151 Å². The summed E-state index contributed by atoms with van der Waals surface area (Å²) in [5, 5.41) is 0. The van der Waals surface area contributed by atoms with Crippen LogP contribution in [0.1, 0.15) is 0 Å². The molecule has 0 aliphatic rings. The third-order valence-corrected chi connectivity index (χ3v) is 9.43. The third kappa shape index (κ3) is 3.88. The van der Waals surface area contributed by atoms with Gasteiger partial charge >= 0.3 is 0 Å². The van der Waals surface area contributed by atoms with Gasteiger partial charge in [0.05, 0.1) is 38.8 Å². The molecular weight excluding hydrogens is 594 g/mol. The lowest BCUT2D eigenvalue weighted by molar-refractivity contribution is 0.910. The number of fused-ring (bicyclic) bond motifs is 7. The van der Waals surface area contributed by atoms with E-state index < -0.39 is 0 Å². The minimum atomic E-state index is 0.860. The number of anilines is 2. The summed E-state index contributed by atoms with van der Waals surface area (Å²) in [6.45, 7) is 0. The van der Waals surface area contributed by atoms with Crippen molar-refractivity contribution in [3.8, 4) is 22.5 Å². The number of nitrogens with zero attached hydrogens (tertiary/aromatic N) is 9. The van der Waals surface area contributed by atoms with Crippen LogP contribution in [-0.4, -0.2) is 44.5 Å². The molecule has 230 valence electrons. The van der Waals surface area contributed by atoms with E-state index in [-0.39, 0.29) is 0 Å². The first-order valence-corrected chi connectivity index (χ1v) is 15.9. The van der Waals surface area contributed by atoms with Crippen molar-refractivity contribution >= 4 is 56.3 Å². The fraction of sp³-hybridized carbons (Fsp3) is 0.0513. The number of para-hydroxylation sites is 4. The highest BCUT2D eigenvalue weighted by Crippen LogP contribution is 2.32. The average Bonchev–Trinajstić information content (AvgIpc) is 3.95. The predicted octanol–water partition coefficient (Wildman–Crippen LogP) is 8.19. The minimum absolute atomic E-state index is 0.860. The Bertz CT molecular complexity index is 2840. The fourth-order valence-electron chi connectivity index (χ4n) is 6.96. The molecule has 0 saturated heterocycles. The zero-order valence-corrected chi connectivity index (χ0v) is 26.3. The van der Waals surface area contributed by atoms with Crippen molar-refractivity contribution < 1.29 is 0 Å². The van der Waals surface area contributed by atoms with Crippen LogP contribution >= 0.6 is 0 Å². The topological polar surface area (TPSA) is 65.5 Å². The van der Waals surface area contributed by atoms with Gasteiger partial charge in [-0.2, -0.15) is 0 Å². The number of hydrogen-bond donors (Lipinski definition) is 0. The molecule has 0 radical (unpaired) electrons. The molecule has 0 fully saturated rings. The summed E-state index contributed by atoms with van der Waals surface area (Å²) < 4.78 is 10.7. The van der Waals surface area contributed by atoms with E-state index >= 15 is 0 Å². The van der Waals surface area contributed by atoms with E-state index in [0.29, 0.717) is 0 Å². The lowest BCUT2D eigenvalue weighted by Gasteiger charge is -2.19. The fourth-order valence-corrected chi connectivity index (χ4v) is 6.96. The molecule has 5 heterocycles. The van der Waals surface area contributed by atoms with Crippen LogP contribution in [-0.2, 0) is 7.05 Å². The largest absolute Gasteiger partial charge is 0.315 e. The second-order valence-corrected chi connectivity index (χ2v) is 12.2. The van der Waals surface area contributed by atoms with Gasteiger partial charge in [0.2, 0.25) is 17.5 Å². The van der Waals surface area contributed by atoms with Crippen LogP contribution < -0.4 is 4.90 Å². The maximum absolute atomic E-state index is 5.05. The molecule has 10 rings (SSSR count). The quantitative estimate of drug-likeness (QED) is 0.194. The molecule has 0 amide bonds. The van der Waals surface area contributed by atoms with Crippen molar-refractivity contribution in [2.24, 2.45) is 7.05 Å². The Kier molecular flexibility index (Phi) is 5.51. The maximum atomic E-state index is 5.05. The summed E-state index contributed by atoms with van der Waals surface area (Å²) in [6, 6.07) is 40.0. The molecule has 9 nitrogen and oxygen atoms in total. The van der Waals surface area contributed by atoms with E-state index in [1.54, 1.807) is 0 Å². The van der Waals surface area contributed by atoms with Gasteiger partial charge in [-0.15, -0.1) is 0 Å². The molecule has 0 aliphatic carbocycles. The molecule has 0 aliphatic heterocycles. The zero-order valence-electron chi connectivity index (χ0n) is 26.3. The van der Waals surface area contributed by atoms with Crippen LogP contribution in [0.5, 0.6) is 0 Å². The van der Waals surface area contributed by atoms with Crippen molar-refractivity contribution in [2.45, 2.75) is 0 Å². The molecule has 0 atom stereocenters. The lowest BCUT2D eigenvalue weighted by Crippen LogP contribution is -2.14. The van der Waals surface area contributed by atoms with Gasteiger partial charge in [0, 0.05) is 50.3 Å². The monoisotopic (exact) mass is 623 g/mol. The Morgan fingerprint density at radius 3 is 1.85 bits per heavy atom. The highest BCUT2D eigenvalue weighted by Gasteiger charge is 2.16. The standard InChI is InChI=1S/C39H29N9/c1-43(37-40-31-13-3-5-15-34(31)44(37)2)28-11-7-9-26(23-28)27-10-8-12-29(24-27)45-20-22-48-36-25-30(17-18-33(36)42-39(45)48)46-19-21-47-35-16-6-4-14-32(35)41-38(46)47/h3-25H,1-2H3. The van der Waals surface area contributed by atoms with Crippen LogP contribution in [0.15, 0.2) is 140 Å². The van der Waals surface area contributed by atoms with Gasteiger partial charge < -0.3 is 9.47 Å². The highest BCUT2D eigenvalue weighted by atomic mass is 15.3. The highest BCUT2D eigenvalue weighted by molar-refractivity contribution is 5.84. The Hall–Kier alpha value is -6.61. The second-order valence-electron chi connectivity index (χ2n) is 12.2. The first kappa shape index (κ1) is 26.6. The van der Waals surface area contributed by atoms with E-state index in [1.807, 2.05) is 30.3 Å². The van der Waals surface area contributed by atoms with Gasteiger partial charge in [0.1, 0.15) is 0 Å². The Morgan fingerprint density at radius 2 is 1.10 bits per heavy atom. The first-order valence-electron chi connectivity index (χ1n) is 15.9. The van der Waals surface area contributed by atoms with E-state index in [0.717, 1.165) is 78.8 Å². The lowest BCUT2D eigenvalue weighted by atomic mass is 10.0. The van der Waals surface area contributed by atoms with Crippen LogP contribution in [0.3, 0.4) is 0 Å². The van der Waals surface area contributed by atoms with Crippen molar-refractivity contribution in [1.29, 1.82) is 0 Å². The van der Waals surface area contributed by atoms with Crippen molar-refractivity contribution in [3.05, 3.63) is 140 Å². The maximum Gasteiger partial charge on any atom is 0.219 e. The van der Waals surface area contributed by atoms with Gasteiger partial charge in [-0.3, -0.25) is 17.9 Å². The van der Waals surface area contributed by atoms with Crippen LogP contribution in [0, 0.1) is 0 Å². The summed E-state index contributed by atoms with van der Waals surface area (Å²) in [5.41, 5.74) is 11.6. The molecule has 0 bridgehead atoms. The molecule has 5 aromatic carbocycles. The zero-order chi connectivity index (χ0) is 31.9. The summed E-state index contributed by atoms with van der Waals surface area (Å²) in [6.07, 6.45) is 8.30. The molecule has 10 aromatic rings. The van der Waals surface area contributed by atoms with Gasteiger partial charge in [-0.1, -0.05) is 48.5 Å². The molecule has 5 aromatic heterocycles. The molecule has 0 spiro atoms. The summed E-state index contributed by atoms with van der Waals surface area (Å²) in [7, 11) is 4.13. The van der Waals surface area contributed by atoms with Crippen LogP contribution in [0.25, 0.3) is 67.2 Å². The molecule has 0 N–H and O–H groups in total. The van der Waals surface area contributed by atoms with Crippen molar-refractivity contribution in [2.75, 3.05) is 11.9 Å². The average molecular weight is 624 g/mol. The molecule has 0 saturated carbocycles. The third-order valence-electron chi connectivity index (χ3n) is 9.43.